The Labute approximate surface area is 132 Å². The molecule has 2 heterocycles. The van der Waals surface area contributed by atoms with Crippen molar-refractivity contribution in [3.8, 4) is 5.69 Å². The maximum Gasteiger partial charge on any atom is 0.280 e. The first-order chi connectivity index (χ1) is 11.0. The van der Waals surface area contributed by atoms with Crippen LogP contribution >= 0.6 is 0 Å². The minimum absolute atomic E-state index is 0.148. The normalized spacial score (nSPS) is 11.3. The fourth-order valence-electron chi connectivity index (χ4n) is 2.85. The summed E-state index contributed by atoms with van der Waals surface area (Å²) in [6.07, 6.45) is 0. The van der Waals surface area contributed by atoms with Crippen LogP contribution in [0.3, 0.4) is 0 Å². The van der Waals surface area contributed by atoms with Crippen molar-refractivity contribution in [1.29, 1.82) is 0 Å². The van der Waals surface area contributed by atoms with E-state index in [-0.39, 0.29) is 11.1 Å². The molecule has 6 heteroatoms. The Morgan fingerprint density at radius 3 is 2.61 bits per heavy atom. The number of methoxy groups -OCH3 is 1. The summed E-state index contributed by atoms with van der Waals surface area (Å²) in [4.78, 5) is 25.1. The monoisotopic (exact) mass is 313 g/mol. The Kier molecular flexibility index (Phi) is 3.92. The van der Waals surface area contributed by atoms with Gasteiger partial charge >= 0.3 is 0 Å². The lowest BCUT2D eigenvalue weighted by atomic mass is 10.2. The molecule has 0 atom stereocenters. The molecule has 0 fully saturated rings. The van der Waals surface area contributed by atoms with Crippen LogP contribution in [0.15, 0.2) is 39.9 Å². The number of aromatic nitrogens is 3. The zero-order valence-electron chi connectivity index (χ0n) is 13.4. The van der Waals surface area contributed by atoms with Gasteiger partial charge < -0.3 is 9.30 Å². The number of para-hydroxylation sites is 1. The summed E-state index contributed by atoms with van der Waals surface area (Å²) < 4.78 is 8.10. The van der Waals surface area contributed by atoms with E-state index >= 15 is 0 Å². The van der Waals surface area contributed by atoms with Crippen LogP contribution in [0.25, 0.3) is 16.6 Å². The van der Waals surface area contributed by atoms with Crippen molar-refractivity contribution in [1.82, 2.24) is 14.3 Å². The van der Waals surface area contributed by atoms with Crippen molar-refractivity contribution in [2.45, 2.75) is 20.4 Å². The van der Waals surface area contributed by atoms with Gasteiger partial charge in [0.15, 0.2) is 0 Å². The third-order valence-corrected chi connectivity index (χ3v) is 4.09. The van der Waals surface area contributed by atoms with Crippen molar-refractivity contribution >= 4 is 10.9 Å². The molecule has 2 aromatic heterocycles. The Balaban J connectivity index is 2.28. The molecule has 0 unspecified atom stereocenters. The number of rotatable bonds is 4. The van der Waals surface area contributed by atoms with Gasteiger partial charge in [0, 0.05) is 25.4 Å². The van der Waals surface area contributed by atoms with E-state index in [0.717, 1.165) is 11.3 Å². The molecular weight excluding hydrogens is 294 g/mol. The number of aromatic amines is 1. The summed E-state index contributed by atoms with van der Waals surface area (Å²) in [5, 5.41) is 3.58. The van der Waals surface area contributed by atoms with Gasteiger partial charge in [0.2, 0.25) is 0 Å². The second kappa shape index (κ2) is 5.89. The maximum atomic E-state index is 12.8. The number of ether oxygens (including phenoxy) is 1. The summed E-state index contributed by atoms with van der Waals surface area (Å²) in [6.45, 7) is 4.57. The van der Waals surface area contributed by atoms with E-state index in [4.69, 9.17) is 4.74 Å². The Bertz CT molecular complexity index is 979. The predicted octanol–water partition coefficient (Wildman–Crippen LogP) is 1.74. The first-order valence-electron chi connectivity index (χ1n) is 7.44. The van der Waals surface area contributed by atoms with E-state index in [1.807, 2.05) is 31.2 Å². The van der Waals surface area contributed by atoms with E-state index in [1.54, 1.807) is 18.6 Å². The fraction of sp³-hybridized carbons (Fsp3) is 0.294. The third kappa shape index (κ3) is 2.51. The van der Waals surface area contributed by atoms with E-state index in [9.17, 15) is 9.59 Å². The van der Waals surface area contributed by atoms with Gasteiger partial charge in [0.05, 0.1) is 23.2 Å². The highest BCUT2D eigenvalue weighted by Gasteiger charge is 2.15. The van der Waals surface area contributed by atoms with Crippen LogP contribution in [-0.4, -0.2) is 28.1 Å². The van der Waals surface area contributed by atoms with Crippen LogP contribution in [-0.2, 0) is 11.3 Å². The molecule has 0 spiro atoms. The number of H-pyrrole nitrogens is 1. The first-order valence-corrected chi connectivity index (χ1v) is 7.44. The van der Waals surface area contributed by atoms with Gasteiger partial charge in [-0.2, -0.15) is 0 Å². The highest BCUT2D eigenvalue weighted by molar-refractivity contribution is 5.80. The van der Waals surface area contributed by atoms with Crippen molar-refractivity contribution in [2.75, 3.05) is 13.7 Å². The lowest BCUT2D eigenvalue weighted by Crippen LogP contribution is -2.25. The van der Waals surface area contributed by atoms with Gasteiger partial charge in [0.25, 0.3) is 11.1 Å². The molecule has 3 rings (SSSR count). The van der Waals surface area contributed by atoms with Gasteiger partial charge in [-0.25, -0.2) is 4.68 Å². The van der Waals surface area contributed by atoms with Crippen LogP contribution in [0.4, 0.5) is 0 Å². The van der Waals surface area contributed by atoms with Crippen molar-refractivity contribution in [2.24, 2.45) is 0 Å². The van der Waals surface area contributed by atoms with Crippen LogP contribution in [0.1, 0.15) is 11.3 Å². The molecule has 6 nitrogen and oxygen atoms in total. The molecule has 1 N–H and O–H groups in total. The zero-order valence-corrected chi connectivity index (χ0v) is 13.4. The molecule has 120 valence electrons. The Hall–Kier alpha value is -2.60. The summed E-state index contributed by atoms with van der Waals surface area (Å²) in [5.41, 5.74) is 2.66. The average Bonchev–Trinajstić information content (AvgIpc) is 2.84. The second-order valence-corrected chi connectivity index (χ2v) is 5.54. The molecule has 1 aromatic carbocycles. The van der Waals surface area contributed by atoms with Crippen LogP contribution in [0.2, 0.25) is 0 Å². The number of pyridine rings is 1. The summed E-state index contributed by atoms with van der Waals surface area (Å²) in [5.74, 6) is 0. The van der Waals surface area contributed by atoms with Crippen molar-refractivity contribution in [3.63, 3.8) is 0 Å². The quantitative estimate of drug-likeness (QED) is 0.798. The molecule has 0 saturated carbocycles. The lowest BCUT2D eigenvalue weighted by Gasteiger charge is -2.08. The highest BCUT2D eigenvalue weighted by Crippen LogP contribution is 2.15. The standard InChI is InChI=1S/C17H19N3O3/c1-11-6-4-5-7-14(11)20-17(22)16-12(2)19(8-9-23-3)15(21)10-13(16)18-20/h4-7,10,18H,8-9H2,1-3H3. The zero-order chi connectivity index (χ0) is 16.6. The highest BCUT2D eigenvalue weighted by atomic mass is 16.5. The number of nitrogens with zero attached hydrogens (tertiary/aromatic N) is 2. The van der Waals surface area contributed by atoms with Crippen LogP contribution < -0.4 is 11.1 Å². The number of aryl methyl sites for hydroxylation is 2. The number of nitrogens with one attached hydrogen (secondary N) is 1. The minimum atomic E-state index is -0.155. The SMILES string of the molecule is COCCn1c(C)c2c(=O)n(-c3ccccc3C)[nH]c2cc1=O. The summed E-state index contributed by atoms with van der Waals surface area (Å²) >= 11 is 0. The van der Waals surface area contributed by atoms with Crippen molar-refractivity contribution < 1.29 is 4.74 Å². The Morgan fingerprint density at radius 1 is 1.17 bits per heavy atom. The molecule has 0 bridgehead atoms. The molecule has 0 amide bonds. The fourth-order valence-corrected chi connectivity index (χ4v) is 2.85. The molecule has 0 radical (unpaired) electrons. The van der Waals surface area contributed by atoms with E-state index in [0.29, 0.717) is 29.7 Å². The number of benzene rings is 1. The molecule has 0 aliphatic rings. The van der Waals surface area contributed by atoms with E-state index in [1.165, 1.54) is 10.7 Å². The largest absolute Gasteiger partial charge is 0.383 e. The smallest absolute Gasteiger partial charge is 0.280 e. The molecular formula is C17H19N3O3. The van der Waals surface area contributed by atoms with Gasteiger partial charge in [-0.1, -0.05) is 18.2 Å². The summed E-state index contributed by atoms with van der Waals surface area (Å²) in [7, 11) is 1.58. The first kappa shape index (κ1) is 15.3. The van der Waals surface area contributed by atoms with Crippen LogP contribution in [0.5, 0.6) is 0 Å². The van der Waals surface area contributed by atoms with E-state index in [2.05, 4.69) is 5.10 Å². The van der Waals surface area contributed by atoms with Gasteiger partial charge in [0.1, 0.15) is 0 Å². The van der Waals surface area contributed by atoms with Crippen LogP contribution in [0, 0.1) is 13.8 Å². The molecule has 0 saturated heterocycles. The molecule has 3 aromatic rings. The summed E-state index contributed by atoms with van der Waals surface area (Å²) in [6, 6.07) is 9.09. The molecule has 23 heavy (non-hydrogen) atoms. The number of hydrogen-bond acceptors (Lipinski definition) is 3. The Morgan fingerprint density at radius 2 is 1.91 bits per heavy atom. The van der Waals surface area contributed by atoms with E-state index < -0.39 is 0 Å². The number of fused-ring (bicyclic) bond motifs is 1. The minimum Gasteiger partial charge on any atom is -0.383 e. The van der Waals surface area contributed by atoms with Gasteiger partial charge in [-0.3, -0.25) is 14.7 Å². The van der Waals surface area contributed by atoms with Gasteiger partial charge in [-0.05, 0) is 25.5 Å². The van der Waals surface area contributed by atoms with Crippen molar-refractivity contribution in [3.05, 3.63) is 62.3 Å². The molecule has 0 aliphatic heterocycles. The average molecular weight is 313 g/mol. The van der Waals surface area contributed by atoms with Gasteiger partial charge in [-0.15, -0.1) is 0 Å². The third-order valence-electron chi connectivity index (χ3n) is 4.09. The number of hydrogen-bond donors (Lipinski definition) is 1. The topological polar surface area (TPSA) is 69.0 Å². The molecule has 0 aliphatic carbocycles. The maximum absolute atomic E-state index is 12.8. The predicted molar refractivity (Wildman–Crippen MR) is 89.5 cm³/mol. The second-order valence-electron chi connectivity index (χ2n) is 5.54. The lowest BCUT2D eigenvalue weighted by molar-refractivity contribution is 0.185.